The Hall–Kier alpha value is -2.50. The van der Waals surface area contributed by atoms with E-state index in [9.17, 15) is 13.2 Å². The highest BCUT2D eigenvalue weighted by Crippen LogP contribution is 2.37. The van der Waals surface area contributed by atoms with Crippen molar-refractivity contribution >= 4 is 21.5 Å². The van der Waals surface area contributed by atoms with Crippen LogP contribution >= 0.6 is 0 Å². The van der Waals surface area contributed by atoms with E-state index in [-0.39, 0.29) is 16.4 Å². The Bertz CT molecular complexity index is 1090. The van der Waals surface area contributed by atoms with Crippen molar-refractivity contribution in [1.82, 2.24) is 9.80 Å². The third kappa shape index (κ3) is 8.28. The van der Waals surface area contributed by atoms with Crippen molar-refractivity contribution in [3.63, 3.8) is 0 Å². The normalized spacial score (nSPS) is 15.1. The highest BCUT2D eigenvalue weighted by Gasteiger charge is 2.24. The third-order valence-corrected chi connectivity index (χ3v) is 7.20. The summed E-state index contributed by atoms with van der Waals surface area (Å²) in [6.07, 6.45) is 2.86. The molecule has 0 unspecified atom stereocenters. The third-order valence-electron chi connectivity index (χ3n) is 6.28. The van der Waals surface area contributed by atoms with E-state index in [2.05, 4.69) is 22.0 Å². The molecular weight excluding hydrogens is 478 g/mol. The molecule has 1 aliphatic rings. The quantitative estimate of drug-likeness (QED) is 0.258. The zero-order valence-electron chi connectivity index (χ0n) is 21.1. The molecule has 36 heavy (non-hydrogen) atoms. The summed E-state index contributed by atoms with van der Waals surface area (Å²) >= 11 is 0. The molecule has 0 aliphatic carbocycles. The number of nitrogens with one attached hydrogen (secondary N) is 1. The number of sulfonamides is 1. The molecule has 0 atom stereocenters. The fourth-order valence-electron chi connectivity index (χ4n) is 4.24. The van der Waals surface area contributed by atoms with Gasteiger partial charge in [-0.1, -0.05) is 31.5 Å². The van der Waals surface area contributed by atoms with Crippen LogP contribution in [0.15, 0.2) is 47.4 Å². The van der Waals surface area contributed by atoms with E-state index in [1.807, 2.05) is 6.07 Å². The Balaban J connectivity index is 1.76. The molecule has 0 aromatic heterocycles. The van der Waals surface area contributed by atoms with Gasteiger partial charge in [0.25, 0.3) is 0 Å². The number of primary sulfonamides is 1. The Morgan fingerprint density at radius 3 is 2.31 bits per heavy atom. The fraction of sp³-hybridized carbons (Fsp3) is 0.500. The lowest BCUT2D eigenvalue weighted by Crippen LogP contribution is -2.47. The maximum atomic E-state index is 13.1. The van der Waals surface area contributed by atoms with E-state index < -0.39 is 10.0 Å². The first-order valence-electron chi connectivity index (χ1n) is 12.7. The number of carbonyl (C=O) groups is 1. The summed E-state index contributed by atoms with van der Waals surface area (Å²) < 4.78 is 31.0. The second-order valence-electron chi connectivity index (χ2n) is 9.09. The number of unbranched alkanes of at least 4 members (excludes halogenated alkanes) is 1. The van der Waals surface area contributed by atoms with Gasteiger partial charge in [-0.15, -0.1) is 0 Å². The number of nitrogens with two attached hydrogens (primary N) is 2. The van der Waals surface area contributed by atoms with Gasteiger partial charge in [0.05, 0.1) is 5.69 Å². The summed E-state index contributed by atoms with van der Waals surface area (Å²) in [5.74, 6) is 0.463. The van der Waals surface area contributed by atoms with Gasteiger partial charge in [0.2, 0.25) is 10.0 Å². The van der Waals surface area contributed by atoms with Crippen molar-refractivity contribution in [2.75, 3.05) is 57.7 Å². The van der Waals surface area contributed by atoms with Crippen LogP contribution in [0.1, 0.15) is 43.0 Å². The summed E-state index contributed by atoms with van der Waals surface area (Å²) in [5, 5.41) is 8.81. The Labute approximate surface area is 214 Å². The van der Waals surface area contributed by atoms with E-state index in [4.69, 9.17) is 15.6 Å². The number of hydrogen-bond donors (Lipinski definition) is 3. The minimum atomic E-state index is -4.15. The molecule has 1 saturated heterocycles. The molecule has 1 fully saturated rings. The number of ketones is 1. The number of nitrogens with zero attached hydrogens (tertiary/aromatic N) is 2. The number of benzene rings is 2. The van der Waals surface area contributed by atoms with Crippen LogP contribution in [-0.2, 0) is 10.0 Å². The van der Waals surface area contributed by atoms with E-state index in [0.717, 1.165) is 52.1 Å². The number of anilines is 1. The SMILES string of the molecule is CCCCNc1cc(C(=O)CCCN2CCN(CCN)CC2)cc(S(N)(=O)=O)c1Oc1ccccc1. The lowest BCUT2D eigenvalue weighted by atomic mass is 10.0. The predicted molar refractivity (Wildman–Crippen MR) is 143 cm³/mol. The van der Waals surface area contributed by atoms with Crippen LogP contribution in [0.25, 0.3) is 0 Å². The van der Waals surface area contributed by atoms with Crippen molar-refractivity contribution in [2.24, 2.45) is 10.9 Å². The van der Waals surface area contributed by atoms with Gasteiger partial charge in [-0.3, -0.25) is 9.69 Å². The van der Waals surface area contributed by atoms with Crippen molar-refractivity contribution in [2.45, 2.75) is 37.5 Å². The molecule has 0 radical (unpaired) electrons. The molecule has 9 nitrogen and oxygen atoms in total. The van der Waals surface area contributed by atoms with Crippen molar-refractivity contribution in [3.05, 3.63) is 48.0 Å². The highest BCUT2D eigenvalue weighted by molar-refractivity contribution is 7.89. The number of carbonyl (C=O) groups excluding carboxylic acids is 1. The minimum absolute atomic E-state index is 0.103. The molecule has 2 aromatic rings. The van der Waals surface area contributed by atoms with Gasteiger partial charge in [0.15, 0.2) is 11.5 Å². The van der Waals surface area contributed by atoms with Gasteiger partial charge in [-0.25, -0.2) is 13.6 Å². The molecule has 0 spiro atoms. The maximum Gasteiger partial charge on any atom is 0.241 e. The van der Waals surface area contributed by atoms with E-state index >= 15 is 0 Å². The topological polar surface area (TPSA) is 131 Å². The molecule has 10 heteroatoms. The summed E-state index contributed by atoms with van der Waals surface area (Å²) in [7, 11) is -4.15. The van der Waals surface area contributed by atoms with E-state index in [1.165, 1.54) is 6.07 Å². The molecule has 0 amide bonds. The number of piperazine rings is 1. The van der Waals surface area contributed by atoms with Crippen LogP contribution in [0.5, 0.6) is 11.5 Å². The zero-order chi connectivity index (χ0) is 26.0. The standard InChI is InChI=1S/C26H39N5O4S/c1-2-3-12-29-23-19-21(24(32)10-7-13-30-15-17-31(14-11-27)18-16-30)20-25(36(28,33)34)26(23)35-22-8-5-4-6-9-22/h4-6,8-9,19-20,29H,2-3,7,10-18,27H2,1H3,(H2,28,33,34). The first kappa shape index (κ1) is 28.1. The lowest BCUT2D eigenvalue weighted by Gasteiger charge is -2.34. The maximum absolute atomic E-state index is 13.1. The lowest BCUT2D eigenvalue weighted by molar-refractivity contribution is 0.0962. The average molecular weight is 518 g/mol. The largest absolute Gasteiger partial charge is 0.454 e. The number of Topliss-reactive ketones (excluding diaryl/α,β-unsaturated/α-hetero) is 1. The second kappa shape index (κ2) is 13.7. The molecule has 1 aliphatic heterocycles. The van der Waals surface area contributed by atoms with Gasteiger partial charge in [0, 0.05) is 57.8 Å². The Morgan fingerprint density at radius 2 is 1.69 bits per heavy atom. The van der Waals surface area contributed by atoms with Gasteiger partial charge >= 0.3 is 0 Å². The molecule has 1 heterocycles. The van der Waals surface area contributed by atoms with Crippen molar-refractivity contribution in [1.29, 1.82) is 0 Å². The fourth-order valence-corrected chi connectivity index (χ4v) is 4.95. The summed E-state index contributed by atoms with van der Waals surface area (Å²) in [4.78, 5) is 17.6. The molecule has 198 valence electrons. The molecule has 0 saturated carbocycles. The average Bonchev–Trinajstić information content (AvgIpc) is 2.86. The van der Waals surface area contributed by atoms with Crippen LogP contribution in [0.4, 0.5) is 5.69 Å². The number of para-hydroxylation sites is 1. The Kier molecular flexibility index (Phi) is 10.7. The monoisotopic (exact) mass is 517 g/mol. The number of rotatable bonds is 14. The van der Waals surface area contributed by atoms with Crippen molar-refractivity contribution < 1.29 is 17.9 Å². The first-order chi connectivity index (χ1) is 17.3. The number of ether oxygens (including phenoxy) is 1. The van der Waals surface area contributed by atoms with E-state index in [1.54, 1.807) is 30.3 Å². The zero-order valence-corrected chi connectivity index (χ0v) is 21.9. The van der Waals surface area contributed by atoms with Gasteiger partial charge in [0.1, 0.15) is 10.6 Å². The molecular formula is C26H39N5O4S. The van der Waals surface area contributed by atoms with Gasteiger partial charge in [-0.05, 0) is 43.7 Å². The van der Waals surface area contributed by atoms with Crippen LogP contribution in [-0.4, -0.2) is 76.4 Å². The van der Waals surface area contributed by atoms with Crippen LogP contribution in [0, 0.1) is 0 Å². The highest BCUT2D eigenvalue weighted by atomic mass is 32.2. The molecule has 3 rings (SSSR count). The van der Waals surface area contributed by atoms with Crippen LogP contribution in [0.2, 0.25) is 0 Å². The Morgan fingerprint density at radius 1 is 1.03 bits per heavy atom. The smallest absolute Gasteiger partial charge is 0.241 e. The van der Waals surface area contributed by atoms with Gasteiger partial charge < -0.3 is 20.7 Å². The summed E-state index contributed by atoms with van der Waals surface area (Å²) in [6.45, 7) is 8.97. The van der Waals surface area contributed by atoms with E-state index in [0.29, 0.717) is 42.9 Å². The molecule has 5 N–H and O–H groups in total. The summed E-state index contributed by atoms with van der Waals surface area (Å²) in [6, 6.07) is 11.9. The minimum Gasteiger partial charge on any atom is -0.454 e. The number of hydrogen-bond acceptors (Lipinski definition) is 8. The van der Waals surface area contributed by atoms with Crippen molar-refractivity contribution in [3.8, 4) is 11.5 Å². The van der Waals surface area contributed by atoms with Gasteiger partial charge in [-0.2, -0.15) is 0 Å². The summed E-state index contributed by atoms with van der Waals surface area (Å²) in [5.41, 5.74) is 6.40. The van der Waals surface area contributed by atoms with Crippen LogP contribution < -0.4 is 20.9 Å². The molecule has 0 bridgehead atoms. The van der Waals surface area contributed by atoms with Crippen LogP contribution in [0.3, 0.4) is 0 Å². The second-order valence-corrected chi connectivity index (χ2v) is 10.6. The molecule has 2 aromatic carbocycles. The first-order valence-corrected chi connectivity index (χ1v) is 14.2. The predicted octanol–water partition coefficient (Wildman–Crippen LogP) is 2.88.